The van der Waals surface area contributed by atoms with Crippen LogP contribution in [0, 0.1) is 11.8 Å². The maximum atomic E-state index is 13.3. The van der Waals surface area contributed by atoms with Gasteiger partial charge in [0.15, 0.2) is 5.78 Å². The molecule has 46 heavy (non-hydrogen) atoms. The van der Waals surface area contributed by atoms with Gasteiger partial charge in [-0.15, -0.1) is 0 Å². The van der Waals surface area contributed by atoms with E-state index in [0.29, 0.717) is 53.1 Å². The third-order valence-electron chi connectivity index (χ3n) is 7.76. The highest BCUT2D eigenvalue weighted by Crippen LogP contribution is 2.18. The molecule has 5 rings (SSSR count). The molecular weight excluding hydrogens is 578 g/mol. The summed E-state index contributed by atoms with van der Waals surface area (Å²) in [5, 5.41) is 13.0. The minimum Gasteiger partial charge on any atom is -0.351 e. The molecule has 1 saturated heterocycles. The predicted molar refractivity (Wildman–Crippen MR) is 178 cm³/mol. The van der Waals surface area contributed by atoms with E-state index in [9.17, 15) is 14.4 Å². The number of benzene rings is 2. The van der Waals surface area contributed by atoms with Crippen LogP contribution in [0.3, 0.4) is 0 Å². The summed E-state index contributed by atoms with van der Waals surface area (Å²) in [5.74, 6) is 5.99. The number of nitrogens with one attached hydrogen (secondary N) is 3. The van der Waals surface area contributed by atoms with E-state index in [4.69, 9.17) is 0 Å². The van der Waals surface area contributed by atoms with Crippen molar-refractivity contribution >= 4 is 23.4 Å². The highest BCUT2D eigenvalue weighted by Gasteiger charge is 2.15. The van der Waals surface area contributed by atoms with Gasteiger partial charge in [-0.05, 0) is 92.5 Å². The molecule has 0 aliphatic carbocycles. The summed E-state index contributed by atoms with van der Waals surface area (Å²) in [6.07, 6.45) is 9.78. The molecule has 2 aromatic carbocycles. The van der Waals surface area contributed by atoms with Gasteiger partial charge < -0.3 is 20.9 Å². The second kappa shape index (κ2) is 16.2. The van der Waals surface area contributed by atoms with Gasteiger partial charge in [-0.2, -0.15) is 5.10 Å². The number of likely N-dealkylation sites (tertiary alicyclic amines) is 1. The molecule has 1 fully saturated rings. The number of rotatable bonds is 11. The van der Waals surface area contributed by atoms with Crippen molar-refractivity contribution < 1.29 is 14.4 Å². The number of hydrogen-bond acceptors (Lipinski definition) is 6. The average molecular weight is 618 g/mol. The van der Waals surface area contributed by atoms with Crippen molar-refractivity contribution in [3.8, 4) is 11.8 Å². The normalized spacial score (nSPS) is 12.9. The number of carbonyl (C=O) groups is 3. The first-order valence-corrected chi connectivity index (χ1v) is 15.6. The van der Waals surface area contributed by atoms with Crippen LogP contribution in [-0.4, -0.2) is 70.1 Å². The van der Waals surface area contributed by atoms with Crippen molar-refractivity contribution in [3.05, 3.63) is 113 Å². The zero-order valence-corrected chi connectivity index (χ0v) is 26.1. The Balaban J connectivity index is 1.25. The summed E-state index contributed by atoms with van der Waals surface area (Å²) in [7, 11) is 1.80. The number of Topliss-reactive ketones (excluding diaryl/α,β-unsaturated/α-hetero) is 1. The van der Waals surface area contributed by atoms with Crippen LogP contribution in [0.15, 0.2) is 79.3 Å². The fourth-order valence-electron chi connectivity index (χ4n) is 5.28. The van der Waals surface area contributed by atoms with Gasteiger partial charge in [0.05, 0.1) is 12.1 Å². The SMILES string of the molecule is Cn1ccc(CC(=O)c2ccc(NC(=O)NCCc3cccnc3)cc2C#Cc2ccc(C(=O)NCCN3CCCCC3)cc2)n1. The Morgan fingerprint density at radius 1 is 0.913 bits per heavy atom. The predicted octanol–water partition coefficient (Wildman–Crippen LogP) is 4.22. The molecule has 3 N–H and O–H groups in total. The van der Waals surface area contributed by atoms with Gasteiger partial charge in [0.1, 0.15) is 0 Å². The minimum atomic E-state index is -0.361. The smallest absolute Gasteiger partial charge is 0.319 e. The summed E-state index contributed by atoms with van der Waals surface area (Å²) < 4.78 is 1.65. The molecule has 1 aliphatic rings. The lowest BCUT2D eigenvalue weighted by molar-refractivity contribution is 0.0945. The summed E-state index contributed by atoms with van der Waals surface area (Å²) in [6.45, 7) is 4.11. The van der Waals surface area contributed by atoms with Crippen LogP contribution in [0.25, 0.3) is 0 Å². The maximum absolute atomic E-state index is 13.3. The lowest BCUT2D eigenvalue weighted by atomic mass is 9.99. The Bertz CT molecular complexity index is 1700. The summed E-state index contributed by atoms with van der Waals surface area (Å²) >= 11 is 0. The number of aromatic nitrogens is 3. The molecule has 3 heterocycles. The zero-order valence-electron chi connectivity index (χ0n) is 26.1. The number of hydrogen-bond donors (Lipinski definition) is 3. The van der Waals surface area contributed by atoms with E-state index in [-0.39, 0.29) is 24.1 Å². The Hall–Kier alpha value is -5.27. The van der Waals surface area contributed by atoms with Crippen LogP contribution in [0.4, 0.5) is 10.5 Å². The molecule has 10 nitrogen and oxygen atoms in total. The molecule has 1 aliphatic heterocycles. The summed E-state index contributed by atoms with van der Waals surface area (Å²) in [5.41, 5.74) is 4.37. The van der Waals surface area contributed by atoms with Crippen LogP contribution in [0.5, 0.6) is 0 Å². The molecule has 0 bridgehead atoms. The minimum absolute atomic E-state index is 0.114. The topological polar surface area (TPSA) is 121 Å². The van der Waals surface area contributed by atoms with E-state index in [2.05, 4.69) is 42.8 Å². The molecule has 0 atom stereocenters. The standard InChI is InChI=1S/C36H39N7O3/c1-42-22-16-32(41-42)25-34(44)33-14-13-31(40-36(46)39-18-15-28-6-5-17-37-26-28)24-30(33)12-9-27-7-10-29(11-8-27)35(45)38-19-23-43-20-3-2-4-21-43/h5-8,10-11,13-14,16-17,22,24,26H,2-4,15,18-21,23,25H2,1H3,(H,38,45)(H2,39,40,46). The number of amides is 3. The molecule has 0 spiro atoms. The van der Waals surface area contributed by atoms with Gasteiger partial charge in [0.25, 0.3) is 5.91 Å². The average Bonchev–Trinajstić information content (AvgIpc) is 3.49. The van der Waals surface area contributed by atoms with E-state index in [1.54, 1.807) is 78.9 Å². The molecule has 10 heteroatoms. The highest BCUT2D eigenvalue weighted by atomic mass is 16.2. The number of pyridine rings is 1. The summed E-state index contributed by atoms with van der Waals surface area (Å²) in [6, 6.07) is 17.4. The van der Waals surface area contributed by atoms with Crippen LogP contribution in [-0.2, 0) is 19.9 Å². The molecule has 4 aromatic rings. The van der Waals surface area contributed by atoms with Crippen molar-refractivity contribution in [1.82, 2.24) is 30.3 Å². The monoisotopic (exact) mass is 617 g/mol. The third-order valence-corrected chi connectivity index (χ3v) is 7.76. The molecule has 0 saturated carbocycles. The van der Waals surface area contributed by atoms with Gasteiger partial charge in [0.2, 0.25) is 0 Å². The van der Waals surface area contributed by atoms with E-state index in [0.717, 1.165) is 25.2 Å². The maximum Gasteiger partial charge on any atom is 0.319 e. The van der Waals surface area contributed by atoms with Crippen molar-refractivity contribution in [2.24, 2.45) is 7.05 Å². The molecule has 236 valence electrons. The Morgan fingerprint density at radius 2 is 1.74 bits per heavy atom. The molecule has 0 unspecified atom stereocenters. The van der Waals surface area contributed by atoms with Gasteiger partial charge in [0, 0.05) is 73.2 Å². The van der Waals surface area contributed by atoms with Crippen molar-refractivity contribution in [3.63, 3.8) is 0 Å². The van der Waals surface area contributed by atoms with E-state index in [1.165, 1.54) is 19.3 Å². The summed E-state index contributed by atoms with van der Waals surface area (Å²) in [4.78, 5) is 45.0. The highest BCUT2D eigenvalue weighted by molar-refractivity contribution is 6.00. The van der Waals surface area contributed by atoms with Gasteiger partial charge in [-0.25, -0.2) is 4.79 Å². The lowest BCUT2D eigenvalue weighted by Gasteiger charge is -2.26. The number of urea groups is 1. The Morgan fingerprint density at radius 3 is 2.48 bits per heavy atom. The van der Waals surface area contributed by atoms with Crippen molar-refractivity contribution in [1.29, 1.82) is 0 Å². The Kier molecular flexibility index (Phi) is 11.3. The number of nitrogens with zero attached hydrogens (tertiary/aromatic N) is 4. The van der Waals surface area contributed by atoms with Crippen LogP contribution in [0.2, 0.25) is 0 Å². The van der Waals surface area contributed by atoms with Crippen LogP contribution >= 0.6 is 0 Å². The van der Waals surface area contributed by atoms with E-state index in [1.807, 2.05) is 12.1 Å². The number of anilines is 1. The molecule has 3 amide bonds. The van der Waals surface area contributed by atoms with Gasteiger partial charge >= 0.3 is 6.03 Å². The van der Waals surface area contributed by atoms with Gasteiger partial charge in [-0.3, -0.25) is 19.3 Å². The zero-order chi connectivity index (χ0) is 32.1. The fourth-order valence-corrected chi connectivity index (χ4v) is 5.28. The van der Waals surface area contributed by atoms with Crippen molar-refractivity contribution in [2.75, 3.05) is 38.0 Å². The largest absolute Gasteiger partial charge is 0.351 e. The number of carbonyl (C=O) groups excluding carboxylic acids is 3. The van der Waals surface area contributed by atoms with E-state index >= 15 is 0 Å². The quantitative estimate of drug-likeness (QED) is 0.171. The first kappa shape index (κ1) is 32.1. The van der Waals surface area contributed by atoms with Crippen LogP contribution in [0.1, 0.15) is 62.4 Å². The molecule has 0 radical (unpaired) electrons. The van der Waals surface area contributed by atoms with Crippen LogP contribution < -0.4 is 16.0 Å². The number of aryl methyl sites for hydroxylation is 1. The van der Waals surface area contributed by atoms with Crippen molar-refractivity contribution in [2.45, 2.75) is 32.1 Å². The fraction of sp³-hybridized carbons (Fsp3) is 0.306. The lowest BCUT2D eigenvalue weighted by Crippen LogP contribution is -2.37. The molecule has 2 aromatic heterocycles. The number of ketones is 1. The second-order valence-corrected chi connectivity index (χ2v) is 11.3. The third kappa shape index (κ3) is 9.61. The number of piperidine rings is 1. The molecular formula is C36H39N7O3. The van der Waals surface area contributed by atoms with E-state index < -0.39 is 0 Å². The second-order valence-electron chi connectivity index (χ2n) is 11.3. The van der Waals surface area contributed by atoms with Gasteiger partial charge in [-0.1, -0.05) is 24.3 Å². The first-order chi connectivity index (χ1) is 22.4. The first-order valence-electron chi connectivity index (χ1n) is 15.6. The Labute approximate surface area is 269 Å².